The maximum Gasteiger partial charge on any atom is 0.407 e. The number of carbonyl (C=O) groups is 1. The molecule has 0 radical (unpaired) electrons. The minimum absolute atomic E-state index is 0.0378. The first kappa shape index (κ1) is 12.2. The summed E-state index contributed by atoms with van der Waals surface area (Å²) in [5.74, 6) is 0.432. The van der Waals surface area contributed by atoms with E-state index in [9.17, 15) is 9.90 Å². The molecule has 0 aliphatic carbocycles. The molecule has 100 valence electrons. The zero-order valence-electron chi connectivity index (χ0n) is 9.69. The average Bonchev–Trinajstić information content (AvgIpc) is 2.95. The van der Waals surface area contributed by atoms with Gasteiger partial charge in [0.05, 0.1) is 0 Å². The van der Waals surface area contributed by atoms with Crippen LogP contribution in [0.3, 0.4) is 0 Å². The minimum atomic E-state index is -0.931. The van der Waals surface area contributed by atoms with E-state index in [1.165, 1.54) is 15.7 Å². The highest BCUT2D eigenvalue weighted by atomic mass is 79.9. The number of carboxylic acid groups (broad SMARTS) is 1. The first-order valence-electron chi connectivity index (χ1n) is 5.64. The topological polar surface area (TPSA) is 104 Å². The van der Waals surface area contributed by atoms with Crippen molar-refractivity contribution in [1.82, 2.24) is 24.5 Å². The molecule has 1 atom stereocenters. The number of imidazole rings is 1. The van der Waals surface area contributed by atoms with Gasteiger partial charge in [-0.15, -0.1) is 0 Å². The summed E-state index contributed by atoms with van der Waals surface area (Å²) in [6.07, 6.45) is 0.992. The number of hydrogen-bond donors (Lipinski definition) is 2. The summed E-state index contributed by atoms with van der Waals surface area (Å²) in [7, 11) is 0. The molecule has 3 heterocycles. The van der Waals surface area contributed by atoms with Crippen molar-refractivity contribution in [2.24, 2.45) is 0 Å². The third-order valence-corrected chi connectivity index (χ3v) is 3.77. The largest absolute Gasteiger partial charge is 0.492 e. The molecular weight excluding hydrogens is 318 g/mol. The predicted octanol–water partition coefficient (Wildman–Crippen LogP) is 1.06. The fourth-order valence-electron chi connectivity index (χ4n) is 2.31. The molecule has 2 N–H and O–H groups in total. The Morgan fingerprint density at radius 3 is 3.00 bits per heavy atom. The Balaban J connectivity index is 2.03. The summed E-state index contributed by atoms with van der Waals surface area (Å²) < 4.78 is 1.96. The Morgan fingerprint density at radius 1 is 1.53 bits per heavy atom. The lowest BCUT2D eigenvalue weighted by Gasteiger charge is -2.11. The van der Waals surface area contributed by atoms with Crippen LogP contribution >= 0.6 is 15.9 Å². The highest BCUT2D eigenvalue weighted by molar-refractivity contribution is 9.10. The molecule has 2 aromatic heterocycles. The van der Waals surface area contributed by atoms with E-state index in [-0.39, 0.29) is 11.8 Å². The molecule has 8 nitrogen and oxygen atoms in total. The number of aromatic nitrogens is 4. The van der Waals surface area contributed by atoms with Gasteiger partial charge in [-0.2, -0.15) is 10.1 Å². The van der Waals surface area contributed by atoms with E-state index in [1.807, 2.05) is 0 Å². The Labute approximate surface area is 115 Å². The Morgan fingerprint density at radius 2 is 2.32 bits per heavy atom. The van der Waals surface area contributed by atoms with Gasteiger partial charge in [-0.3, -0.25) is 0 Å². The summed E-state index contributed by atoms with van der Waals surface area (Å²) in [6.45, 7) is 0.856. The van der Waals surface area contributed by atoms with Gasteiger partial charge in [0, 0.05) is 19.0 Å². The van der Waals surface area contributed by atoms with Crippen LogP contribution in [0.5, 0.6) is 5.88 Å². The van der Waals surface area contributed by atoms with Crippen molar-refractivity contribution in [3.63, 3.8) is 0 Å². The Kier molecular flexibility index (Phi) is 2.77. The van der Waals surface area contributed by atoms with Gasteiger partial charge in [-0.1, -0.05) is 0 Å². The number of fused-ring (bicyclic) bond motifs is 1. The molecule has 1 saturated heterocycles. The first-order chi connectivity index (χ1) is 9.08. The lowest BCUT2D eigenvalue weighted by atomic mass is 10.1. The minimum Gasteiger partial charge on any atom is -0.492 e. The highest BCUT2D eigenvalue weighted by Gasteiger charge is 2.31. The second-order valence-corrected chi connectivity index (χ2v) is 5.07. The van der Waals surface area contributed by atoms with Crippen LogP contribution in [0.2, 0.25) is 0 Å². The van der Waals surface area contributed by atoms with Crippen LogP contribution in [0.25, 0.3) is 5.52 Å². The molecule has 9 heteroatoms. The van der Waals surface area contributed by atoms with E-state index in [2.05, 4.69) is 31.0 Å². The fraction of sp³-hybridized carbons (Fsp3) is 0.400. The lowest BCUT2D eigenvalue weighted by Crippen LogP contribution is -2.26. The van der Waals surface area contributed by atoms with E-state index in [4.69, 9.17) is 5.11 Å². The molecule has 1 aliphatic rings. The van der Waals surface area contributed by atoms with Crippen LogP contribution in [0, 0.1) is 0 Å². The van der Waals surface area contributed by atoms with Gasteiger partial charge >= 0.3 is 6.09 Å². The summed E-state index contributed by atoms with van der Waals surface area (Å²) in [6, 6.07) is 0. The number of aromatic hydroxyl groups is 1. The van der Waals surface area contributed by atoms with Crippen molar-refractivity contribution in [3.05, 3.63) is 16.8 Å². The van der Waals surface area contributed by atoms with Crippen molar-refractivity contribution < 1.29 is 15.0 Å². The molecular formula is C10H10BrN5O3. The third-order valence-electron chi connectivity index (χ3n) is 3.22. The molecule has 0 aromatic carbocycles. The quantitative estimate of drug-likeness (QED) is 0.811. The smallest absolute Gasteiger partial charge is 0.407 e. The van der Waals surface area contributed by atoms with E-state index in [0.717, 1.165) is 0 Å². The zero-order valence-corrected chi connectivity index (χ0v) is 11.3. The van der Waals surface area contributed by atoms with Gasteiger partial charge < -0.3 is 15.1 Å². The van der Waals surface area contributed by atoms with Crippen molar-refractivity contribution in [2.75, 3.05) is 13.1 Å². The molecule has 2 aromatic rings. The van der Waals surface area contributed by atoms with E-state index in [1.54, 1.807) is 0 Å². The van der Waals surface area contributed by atoms with Crippen LogP contribution in [0.4, 0.5) is 4.79 Å². The van der Waals surface area contributed by atoms with E-state index >= 15 is 0 Å². The summed E-state index contributed by atoms with van der Waals surface area (Å²) in [5.41, 5.74) is 0.395. The van der Waals surface area contributed by atoms with Gasteiger partial charge in [-0.25, -0.2) is 14.3 Å². The molecule has 1 unspecified atom stereocenters. The monoisotopic (exact) mass is 327 g/mol. The molecule has 3 rings (SSSR count). The molecule has 1 fully saturated rings. The lowest BCUT2D eigenvalue weighted by molar-refractivity contribution is 0.155. The van der Waals surface area contributed by atoms with Crippen molar-refractivity contribution in [1.29, 1.82) is 0 Å². The zero-order chi connectivity index (χ0) is 13.6. The van der Waals surface area contributed by atoms with Crippen molar-refractivity contribution in [3.8, 4) is 5.88 Å². The second kappa shape index (κ2) is 4.34. The number of halogens is 1. The number of nitrogens with zero attached hydrogens (tertiary/aromatic N) is 5. The van der Waals surface area contributed by atoms with Crippen LogP contribution in [0.1, 0.15) is 18.2 Å². The van der Waals surface area contributed by atoms with Crippen LogP contribution in [-0.4, -0.2) is 53.9 Å². The third kappa shape index (κ3) is 1.89. The maximum absolute atomic E-state index is 10.9. The molecule has 0 bridgehead atoms. The number of likely N-dealkylation sites (tertiary alicyclic amines) is 1. The summed E-state index contributed by atoms with van der Waals surface area (Å²) in [5, 5.41) is 22.7. The average molecular weight is 328 g/mol. The molecule has 0 saturated carbocycles. The van der Waals surface area contributed by atoms with Gasteiger partial charge in [0.25, 0.3) is 0 Å². The fourth-order valence-corrected chi connectivity index (χ4v) is 2.84. The maximum atomic E-state index is 10.9. The van der Waals surface area contributed by atoms with Gasteiger partial charge in [-0.05, 0) is 22.4 Å². The summed E-state index contributed by atoms with van der Waals surface area (Å²) >= 11 is 3.26. The van der Waals surface area contributed by atoms with Crippen molar-refractivity contribution in [2.45, 2.75) is 12.3 Å². The number of hydrogen-bond acceptors (Lipinski definition) is 5. The molecule has 0 spiro atoms. The van der Waals surface area contributed by atoms with Crippen molar-refractivity contribution >= 4 is 27.5 Å². The molecule has 1 aliphatic heterocycles. The highest BCUT2D eigenvalue weighted by Crippen LogP contribution is 2.31. The first-order valence-corrected chi connectivity index (χ1v) is 6.43. The molecule has 1 amide bonds. The standard InChI is InChI=1S/C10H10BrN5O3/c11-7-6-9(17)12-4-13-16(6)8(14-7)5-1-2-15(3-5)10(18)19/h4-5H,1-3H2,(H,18,19)(H,12,13,17). The second-order valence-electron chi connectivity index (χ2n) is 4.32. The normalized spacial score (nSPS) is 19.2. The van der Waals surface area contributed by atoms with Crippen LogP contribution < -0.4 is 0 Å². The van der Waals surface area contributed by atoms with E-state index < -0.39 is 6.09 Å². The number of amides is 1. The van der Waals surface area contributed by atoms with Crippen LogP contribution in [0.15, 0.2) is 10.9 Å². The van der Waals surface area contributed by atoms with E-state index in [0.29, 0.717) is 35.5 Å². The Bertz CT molecular complexity index is 658. The van der Waals surface area contributed by atoms with Gasteiger partial charge in [0.15, 0.2) is 5.52 Å². The SMILES string of the molecule is O=C(O)N1CCC(c2nc(Br)c3c(O)ncnn23)C1. The van der Waals surface area contributed by atoms with Gasteiger partial charge in [0.1, 0.15) is 16.8 Å². The summed E-state index contributed by atoms with van der Waals surface area (Å²) in [4.78, 5) is 20.3. The van der Waals surface area contributed by atoms with Crippen LogP contribution in [-0.2, 0) is 0 Å². The number of rotatable bonds is 1. The van der Waals surface area contributed by atoms with Gasteiger partial charge in [0.2, 0.25) is 5.88 Å². The molecule has 19 heavy (non-hydrogen) atoms. The Hall–Kier alpha value is -1.90. The predicted molar refractivity (Wildman–Crippen MR) is 67.1 cm³/mol.